The van der Waals surface area contributed by atoms with Gasteiger partial charge in [0.2, 0.25) is 5.88 Å². The molecule has 1 saturated carbocycles. The lowest BCUT2D eigenvalue weighted by atomic mass is 9.95. The van der Waals surface area contributed by atoms with Crippen LogP contribution in [0.15, 0.2) is 6.20 Å². The maximum absolute atomic E-state index is 11.2. The summed E-state index contributed by atoms with van der Waals surface area (Å²) in [5.41, 5.74) is 1.44. The molecule has 0 bridgehead atoms. The highest BCUT2D eigenvalue weighted by Crippen LogP contribution is 2.34. The van der Waals surface area contributed by atoms with Gasteiger partial charge in [-0.2, -0.15) is 4.98 Å². The number of fused-ring (bicyclic) bond motifs is 1. The topological polar surface area (TPSA) is 75.5 Å². The van der Waals surface area contributed by atoms with Gasteiger partial charge in [0.1, 0.15) is 22.4 Å². The van der Waals surface area contributed by atoms with Crippen molar-refractivity contribution in [2.24, 2.45) is 13.0 Å². The van der Waals surface area contributed by atoms with E-state index in [1.54, 1.807) is 13.1 Å². The second kappa shape index (κ2) is 9.96. The molecular formula is C22H32ClN3O4. The number of halogens is 1. The molecule has 3 rings (SSSR count). The summed E-state index contributed by atoms with van der Waals surface area (Å²) in [4.78, 5) is 20.1. The molecule has 2 aromatic heterocycles. The number of imidazole rings is 1. The lowest BCUT2D eigenvalue weighted by Crippen LogP contribution is -2.30. The van der Waals surface area contributed by atoms with Crippen molar-refractivity contribution in [2.45, 2.75) is 78.1 Å². The molecule has 0 spiro atoms. The fourth-order valence-corrected chi connectivity index (χ4v) is 4.17. The Hall–Kier alpha value is -1.86. The first-order valence-corrected chi connectivity index (χ1v) is 11.1. The summed E-state index contributed by atoms with van der Waals surface area (Å²) in [5, 5.41) is 0.447. The summed E-state index contributed by atoms with van der Waals surface area (Å²) in [6.45, 7) is 8.18. The predicted molar refractivity (Wildman–Crippen MR) is 116 cm³/mol. The number of aromatic nitrogens is 3. The van der Waals surface area contributed by atoms with E-state index in [4.69, 9.17) is 25.8 Å². The molecule has 0 amide bonds. The van der Waals surface area contributed by atoms with E-state index >= 15 is 0 Å². The molecule has 2 aromatic rings. The number of carbonyl (C=O) groups is 1. The molecule has 1 aliphatic carbocycles. The Balaban J connectivity index is 1.58. The Kier molecular flexibility index (Phi) is 7.58. The summed E-state index contributed by atoms with van der Waals surface area (Å²) < 4.78 is 19.7. The van der Waals surface area contributed by atoms with Gasteiger partial charge < -0.3 is 19.0 Å². The molecule has 8 heteroatoms. The van der Waals surface area contributed by atoms with Crippen molar-refractivity contribution in [1.82, 2.24) is 14.5 Å². The van der Waals surface area contributed by atoms with Crippen LogP contribution < -0.4 is 9.47 Å². The van der Waals surface area contributed by atoms with Crippen LogP contribution in [0, 0.1) is 5.92 Å². The highest BCUT2D eigenvalue weighted by molar-refractivity contribution is 6.36. The summed E-state index contributed by atoms with van der Waals surface area (Å²) in [6.07, 6.45) is 6.24. The maximum atomic E-state index is 11.2. The molecule has 7 nitrogen and oxygen atoms in total. The molecule has 1 aliphatic rings. The van der Waals surface area contributed by atoms with Crippen molar-refractivity contribution in [3.05, 3.63) is 11.2 Å². The van der Waals surface area contributed by atoms with Crippen LogP contribution >= 0.6 is 11.6 Å². The fourth-order valence-electron chi connectivity index (χ4n) is 3.85. The molecule has 2 heterocycles. The minimum atomic E-state index is -0.0146. The van der Waals surface area contributed by atoms with Crippen LogP contribution in [0.4, 0.5) is 0 Å². The van der Waals surface area contributed by atoms with Gasteiger partial charge in [-0.1, -0.05) is 18.5 Å². The quantitative estimate of drug-likeness (QED) is 0.564. The SMILES string of the molecule is CC(=O)C[C@@H](C)COC1CCC(Oc2nc3cnc(OC(C)C)c(Cl)c3n2C)CC1. The van der Waals surface area contributed by atoms with E-state index in [9.17, 15) is 4.79 Å². The molecule has 1 fully saturated rings. The lowest BCUT2D eigenvalue weighted by molar-refractivity contribution is -0.118. The number of pyridine rings is 1. The van der Waals surface area contributed by atoms with E-state index in [0.717, 1.165) is 31.2 Å². The van der Waals surface area contributed by atoms with E-state index in [1.807, 2.05) is 25.5 Å². The van der Waals surface area contributed by atoms with Crippen molar-refractivity contribution in [2.75, 3.05) is 6.61 Å². The Morgan fingerprint density at radius 3 is 2.53 bits per heavy atom. The van der Waals surface area contributed by atoms with Crippen molar-refractivity contribution >= 4 is 28.4 Å². The number of ether oxygens (including phenoxy) is 3. The van der Waals surface area contributed by atoms with Crippen LogP contribution in [0.3, 0.4) is 0 Å². The highest BCUT2D eigenvalue weighted by atomic mass is 35.5. The molecule has 0 aromatic carbocycles. The smallest absolute Gasteiger partial charge is 0.297 e. The van der Waals surface area contributed by atoms with Gasteiger partial charge in [-0.05, 0) is 52.4 Å². The predicted octanol–water partition coefficient (Wildman–Crippen LogP) is 4.73. The van der Waals surface area contributed by atoms with E-state index in [-0.39, 0.29) is 30.0 Å². The largest absolute Gasteiger partial charge is 0.474 e. The zero-order valence-corrected chi connectivity index (χ0v) is 19.2. The van der Waals surface area contributed by atoms with Gasteiger partial charge in [0.25, 0.3) is 6.01 Å². The number of Topliss-reactive ketones (excluding diaryl/α,β-unsaturated/α-hetero) is 1. The second-order valence-electron chi connectivity index (χ2n) is 8.59. The van der Waals surface area contributed by atoms with Crippen molar-refractivity contribution in [3.8, 4) is 11.9 Å². The van der Waals surface area contributed by atoms with Gasteiger partial charge in [0, 0.05) is 20.1 Å². The van der Waals surface area contributed by atoms with Gasteiger partial charge in [-0.25, -0.2) is 4.98 Å². The second-order valence-corrected chi connectivity index (χ2v) is 8.97. The molecule has 1 atom stereocenters. The molecule has 0 unspecified atom stereocenters. The van der Waals surface area contributed by atoms with Gasteiger partial charge >= 0.3 is 0 Å². The molecule has 166 valence electrons. The van der Waals surface area contributed by atoms with E-state index < -0.39 is 0 Å². The number of hydrogen-bond acceptors (Lipinski definition) is 6. The molecule has 0 N–H and O–H groups in total. The molecule has 0 radical (unpaired) electrons. The highest BCUT2D eigenvalue weighted by Gasteiger charge is 2.26. The third kappa shape index (κ3) is 5.64. The average Bonchev–Trinajstić information content (AvgIpc) is 2.99. The summed E-state index contributed by atoms with van der Waals surface area (Å²) in [6, 6.07) is 0.537. The van der Waals surface area contributed by atoms with Crippen LogP contribution in [0.2, 0.25) is 5.02 Å². The van der Waals surface area contributed by atoms with E-state index in [0.29, 0.717) is 35.5 Å². The number of rotatable bonds is 9. The summed E-state index contributed by atoms with van der Waals surface area (Å²) in [5.74, 6) is 0.883. The minimum Gasteiger partial charge on any atom is -0.474 e. The van der Waals surface area contributed by atoms with Gasteiger partial charge in [-0.3, -0.25) is 4.57 Å². The zero-order valence-electron chi connectivity index (χ0n) is 18.5. The first-order chi connectivity index (χ1) is 14.2. The number of carbonyl (C=O) groups excluding carboxylic acids is 1. The minimum absolute atomic E-state index is 0.0146. The first-order valence-electron chi connectivity index (χ1n) is 10.7. The molecule has 0 aliphatic heterocycles. The zero-order chi connectivity index (χ0) is 21.8. The fraction of sp³-hybridized carbons (Fsp3) is 0.682. The van der Waals surface area contributed by atoms with Crippen LogP contribution in [0.25, 0.3) is 11.0 Å². The molecule has 0 saturated heterocycles. The normalized spacial score (nSPS) is 20.5. The molecule has 30 heavy (non-hydrogen) atoms. The van der Waals surface area contributed by atoms with Gasteiger partial charge in [-0.15, -0.1) is 0 Å². The van der Waals surface area contributed by atoms with Crippen molar-refractivity contribution in [1.29, 1.82) is 0 Å². The lowest BCUT2D eigenvalue weighted by Gasteiger charge is -2.29. The van der Waals surface area contributed by atoms with Crippen LogP contribution in [-0.2, 0) is 16.6 Å². The average molecular weight is 438 g/mol. The number of aryl methyl sites for hydroxylation is 1. The van der Waals surface area contributed by atoms with Crippen LogP contribution in [0.5, 0.6) is 11.9 Å². The Morgan fingerprint density at radius 1 is 1.23 bits per heavy atom. The van der Waals surface area contributed by atoms with Crippen molar-refractivity contribution in [3.63, 3.8) is 0 Å². The first kappa shape index (κ1) is 22.8. The van der Waals surface area contributed by atoms with Crippen LogP contribution in [0.1, 0.15) is 59.8 Å². The van der Waals surface area contributed by atoms with Gasteiger partial charge in [0.15, 0.2) is 0 Å². The molecular weight excluding hydrogens is 406 g/mol. The summed E-state index contributed by atoms with van der Waals surface area (Å²) >= 11 is 6.52. The number of nitrogens with zero attached hydrogens (tertiary/aromatic N) is 3. The number of ketones is 1. The number of hydrogen-bond donors (Lipinski definition) is 0. The maximum Gasteiger partial charge on any atom is 0.297 e. The van der Waals surface area contributed by atoms with Gasteiger partial charge in [0.05, 0.1) is 23.9 Å². The third-order valence-electron chi connectivity index (χ3n) is 5.27. The van der Waals surface area contributed by atoms with E-state index in [2.05, 4.69) is 16.9 Å². The Labute approximate surface area is 183 Å². The third-order valence-corrected chi connectivity index (χ3v) is 5.61. The monoisotopic (exact) mass is 437 g/mol. The Morgan fingerprint density at radius 2 is 1.90 bits per heavy atom. The van der Waals surface area contributed by atoms with Crippen LogP contribution in [-0.4, -0.2) is 45.2 Å². The van der Waals surface area contributed by atoms with Crippen molar-refractivity contribution < 1.29 is 19.0 Å². The Bertz CT molecular complexity index is 875. The van der Waals surface area contributed by atoms with E-state index in [1.165, 1.54) is 0 Å². The standard InChI is InChI=1S/C22H32ClN3O4/c1-13(2)29-21-19(23)20-18(11-24-21)25-22(26(20)5)30-17-8-6-16(7-9-17)28-12-14(3)10-15(4)27/h11,13-14,16-17H,6-10,12H2,1-5H3/t14-,16?,17?/m1/s1. The summed E-state index contributed by atoms with van der Waals surface area (Å²) in [7, 11) is 1.89.